The van der Waals surface area contributed by atoms with Crippen molar-refractivity contribution in [2.24, 2.45) is 0 Å². The first kappa shape index (κ1) is 16.8. The van der Waals surface area contributed by atoms with Gasteiger partial charge >= 0.3 is 5.97 Å². The Balaban J connectivity index is 2.06. The summed E-state index contributed by atoms with van der Waals surface area (Å²) >= 11 is 3.14. The van der Waals surface area contributed by atoms with Crippen LogP contribution in [0.4, 0.5) is 5.95 Å². The van der Waals surface area contributed by atoms with E-state index >= 15 is 0 Å². The average molecular weight is 362 g/mol. The second kappa shape index (κ2) is 7.23. The van der Waals surface area contributed by atoms with Crippen LogP contribution in [-0.4, -0.2) is 33.1 Å². The molecule has 2 aromatic rings. The van der Waals surface area contributed by atoms with Crippen molar-refractivity contribution in [3.8, 4) is 0 Å². The van der Waals surface area contributed by atoms with Gasteiger partial charge in [-0.2, -0.15) is 4.98 Å². The van der Waals surface area contributed by atoms with Crippen molar-refractivity contribution in [2.75, 3.05) is 17.7 Å². The number of esters is 1. The highest BCUT2D eigenvalue weighted by molar-refractivity contribution is 7.99. The van der Waals surface area contributed by atoms with E-state index in [1.165, 1.54) is 0 Å². The molecule has 0 radical (unpaired) electrons. The molecule has 0 saturated carbocycles. The number of fused-ring (bicyclic) bond motifs is 1. The third kappa shape index (κ3) is 3.11. The normalized spacial score (nSPS) is 16.5. The summed E-state index contributed by atoms with van der Waals surface area (Å²) in [5.74, 6) is 1.15. The number of anilines is 1. The van der Waals surface area contributed by atoms with Gasteiger partial charge in [0.1, 0.15) is 12.6 Å². The molecule has 0 aromatic carbocycles. The molecule has 2 aromatic heterocycles. The van der Waals surface area contributed by atoms with E-state index in [4.69, 9.17) is 4.74 Å². The van der Waals surface area contributed by atoms with E-state index in [1.54, 1.807) is 33.9 Å². The zero-order valence-corrected chi connectivity index (χ0v) is 15.1. The van der Waals surface area contributed by atoms with Crippen LogP contribution in [-0.2, 0) is 9.53 Å². The van der Waals surface area contributed by atoms with E-state index in [0.29, 0.717) is 16.7 Å². The maximum Gasteiger partial charge on any atom is 0.338 e. The van der Waals surface area contributed by atoms with E-state index in [-0.39, 0.29) is 18.6 Å². The van der Waals surface area contributed by atoms with E-state index in [1.807, 2.05) is 24.4 Å². The number of allylic oxidation sites excluding steroid dienone is 1. The van der Waals surface area contributed by atoms with Gasteiger partial charge in [0.05, 0.1) is 5.57 Å². The molecule has 0 fully saturated rings. The quantitative estimate of drug-likeness (QED) is 0.482. The number of nitrogens with zero attached hydrogens (tertiary/aromatic N) is 3. The standard InChI is InChI=1S/C16H18N4O2S2/c1-4-8-22-14(21)12-10(3)17-15-18-16(23-5-2)19-20(15)13(12)11-7-6-9-24-11/h4,6-7,9,13H,1,5,8H2,2-3H3,(H,17,18,19). The number of thioether (sulfide) groups is 1. The van der Waals surface area contributed by atoms with Crippen LogP contribution in [0.5, 0.6) is 0 Å². The lowest BCUT2D eigenvalue weighted by Gasteiger charge is -2.27. The lowest BCUT2D eigenvalue weighted by molar-refractivity contribution is -0.138. The second-order valence-corrected chi connectivity index (χ2v) is 7.27. The van der Waals surface area contributed by atoms with Gasteiger partial charge in [-0.25, -0.2) is 9.48 Å². The van der Waals surface area contributed by atoms with Gasteiger partial charge in [0.25, 0.3) is 0 Å². The van der Waals surface area contributed by atoms with Gasteiger partial charge in [0.15, 0.2) is 0 Å². The third-order valence-electron chi connectivity index (χ3n) is 3.47. The van der Waals surface area contributed by atoms with Crippen molar-refractivity contribution in [3.05, 3.63) is 46.3 Å². The number of rotatable bonds is 6. The predicted octanol–water partition coefficient (Wildman–Crippen LogP) is 3.47. The molecule has 1 aliphatic heterocycles. The van der Waals surface area contributed by atoms with Crippen LogP contribution in [0.3, 0.4) is 0 Å². The number of nitrogens with one attached hydrogen (secondary N) is 1. The largest absolute Gasteiger partial charge is 0.458 e. The smallest absolute Gasteiger partial charge is 0.338 e. The molecule has 126 valence electrons. The van der Waals surface area contributed by atoms with Crippen LogP contribution in [0.25, 0.3) is 0 Å². The zero-order chi connectivity index (χ0) is 17.1. The van der Waals surface area contributed by atoms with Gasteiger partial charge in [0, 0.05) is 10.6 Å². The highest BCUT2D eigenvalue weighted by atomic mass is 32.2. The van der Waals surface area contributed by atoms with Crippen LogP contribution >= 0.6 is 23.1 Å². The van der Waals surface area contributed by atoms with Crippen LogP contribution in [0.15, 0.2) is 46.6 Å². The fourth-order valence-corrected chi connectivity index (χ4v) is 3.88. The average Bonchev–Trinajstić information content (AvgIpc) is 3.20. The Morgan fingerprint density at radius 3 is 3.12 bits per heavy atom. The number of ether oxygens (including phenoxy) is 1. The van der Waals surface area contributed by atoms with Gasteiger partial charge in [-0.05, 0) is 24.1 Å². The minimum atomic E-state index is -0.371. The molecular weight excluding hydrogens is 344 g/mol. The van der Waals surface area contributed by atoms with Crippen LogP contribution < -0.4 is 5.32 Å². The van der Waals surface area contributed by atoms with Gasteiger partial charge in [-0.3, -0.25) is 0 Å². The van der Waals surface area contributed by atoms with Crippen LogP contribution in [0.2, 0.25) is 0 Å². The van der Waals surface area contributed by atoms with E-state index in [0.717, 1.165) is 16.3 Å². The predicted molar refractivity (Wildman–Crippen MR) is 96.4 cm³/mol. The molecule has 1 atom stereocenters. The Morgan fingerprint density at radius 2 is 2.46 bits per heavy atom. The lowest BCUT2D eigenvalue weighted by atomic mass is 10.0. The molecule has 0 spiro atoms. The maximum atomic E-state index is 12.6. The number of hydrogen-bond donors (Lipinski definition) is 1. The topological polar surface area (TPSA) is 69.0 Å². The summed E-state index contributed by atoms with van der Waals surface area (Å²) < 4.78 is 7.05. The minimum absolute atomic E-state index is 0.175. The second-order valence-electron chi connectivity index (χ2n) is 5.06. The SMILES string of the molecule is C=CCOC(=O)C1=C(C)Nc2nc(SCC)nn2C1c1cccs1. The molecule has 24 heavy (non-hydrogen) atoms. The van der Waals surface area contributed by atoms with E-state index < -0.39 is 0 Å². The maximum absolute atomic E-state index is 12.6. The van der Waals surface area contributed by atoms with Gasteiger partial charge in [0.2, 0.25) is 11.1 Å². The molecule has 6 nitrogen and oxygen atoms in total. The fraction of sp³-hybridized carbons (Fsp3) is 0.312. The molecule has 0 bridgehead atoms. The van der Waals surface area contributed by atoms with Gasteiger partial charge in [-0.15, -0.1) is 16.4 Å². The third-order valence-corrected chi connectivity index (χ3v) is 5.12. The highest BCUT2D eigenvalue weighted by Crippen LogP contribution is 2.38. The van der Waals surface area contributed by atoms with Crippen molar-refractivity contribution < 1.29 is 9.53 Å². The number of carbonyl (C=O) groups excluding carboxylic acids is 1. The van der Waals surface area contributed by atoms with Crippen molar-refractivity contribution >= 4 is 35.0 Å². The summed E-state index contributed by atoms with van der Waals surface area (Å²) in [5, 5.41) is 10.4. The molecule has 8 heteroatoms. The number of aromatic nitrogens is 3. The lowest BCUT2D eigenvalue weighted by Crippen LogP contribution is -2.29. The minimum Gasteiger partial charge on any atom is -0.458 e. The monoisotopic (exact) mass is 362 g/mol. The molecule has 0 aliphatic carbocycles. The first-order valence-corrected chi connectivity index (χ1v) is 9.40. The van der Waals surface area contributed by atoms with Gasteiger partial charge < -0.3 is 10.1 Å². The Labute approximate surface area is 148 Å². The molecule has 0 saturated heterocycles. The summed E-state index contributed by atoms with van der Waals surface area (Å²) in [6.45, 7) is 7.67. The number of carbonyl (C=O) groups is 1. The number of thiophene rings is 1. The van der Waals surface area contributed by atoms with E-state index in [9.17, 15) is 4.79 Å². The van der Waals surface area contributed by atoms with Crippen molar-refractivity contribution in [2.45, 2.75) is 25.0 Å². The molecule has 1 unspecified atom stereocenters. The van der Waals surface area contributed by atoms with Crippen molar-refractivity contribution in [1.29, 1.82) is 0 Å². The van der Waals surface area contributed by atoms with Crippen molar-refractivity contribution in [1.82, 2.24) is 14.8 Å². The van der Waals surface area contributed by atoms with Crippen LogP contribution in [0, 0.1) is 0 Å². The summed E-state index contributed by atoms with van der Waals surface area (Å²) in [6.07, 6.45) is 1.56. The van der Waals surface area contributed by atoms with Crippen molar-refractivity contribution in [3.63, 3.8) is 0 Å². The molecule has 3 rings (SSSR count). The molecule has 3 heterocycles. The Kier molecular flexibility index (Phi) is 5.06. The summed E-state index contributed by atoms with van der Waals surface area (Å²) in [7, 11) is 0. The van der Waals surface area contributed by atoms with Crippen LogP contribution in [0.1, 0.15) is 24.8 Å². The molecular formula is C16H18N4O2S2. The Morgan fingerprint density at radius 1 is 1.62 bits per heavy atom. The number of hydrogen-bond acceptors (Lipinski definition) is 7. The summed E-state index contributed by atoms with van der Waals surface area (Å²) in [5.41, 5.74) is 1.28. The molecule has 1 N–H and O–H groups in total. The Bertz CT molecular complexity index is 780. The summed E-state index contributed by atoms with van der Waals surface area (Å²) in [4.78, 5) is 18.1. The Hall–Kier alpha value is -2.06. The highest BCUT2D eigenvalue weighted by Gasteiger charge is 2.35. The van der Waals surface area contributed by atoms with Gasteiger partial charge in [-0.1, -0.05) is 37.4 Å². The molecule has 1 aliphatic rings. The first-order valence-electron chi connectivity index (χ1n) is 7.54. The summed E-state index contributed by atoms with van der Waals surface area (Å²) in [6, 6.07) is 3.62. The first-order chi connectivity index (χ1) is 11.7. The van der Waals surface area contributed by atoms with E-state index in [2.05, 4.69) is 28.9 Å². The zero-order valence-electron chi connectivity index (χ0n) is 13.5. The fourth-order valence-electron chi connectivity index (χ4n) is 2.51. The molecule has 0 amide bonds.